The molecule has 2 aromatic rings. The quantitative estimate of drug-likeness (QED) is 0.775. The van der Waals surface area contributed by atoms with Crippen molar-refractivity contribution in [2.24, 2.45) is 0 Å². The van der Waals surface area contributed by atoms with Crippen LogP contribution in [0.5, 0.6) is 0 Å². The van der Waals surface area contributed by atoms with Gasteiger partial charge in [-0.1, -0.05) is 5.21 Å². The molecule has 0 aliphatic carbocycles. The average Bonchev–Trinajstić information content (AvgIpc) is 2.70. The van der Waals surface area contributed by atoms with Gasteiger partial charge in [0, 0.05) is 10.7 Å². The summed E-state index contributed by atoms with van der Waals surface area (Å²) in [4.78, 5) is 11.4. The van der Waals surface area contributed by atoms with Crippen LogP contribution in [0.4, 0.5) is 4.79 Å². The molecule has 0 fully saturated rings. The lowest BCUT2D eigenvalue weighted by atomic mass is 10.3. The second-order valence-electron chi connectivity index (χ2n) is 3.29. The first-order valence-electron chi connectivity index (χ1n) is 4.90. The molecule has 18 heavy (non-hydrogen) atoms. The van der Waals surface area contributed by atoms with Crippen molar-refractivity contribution in [1.82, 2.24) is 15.0 Å². The van der Waals surface area contributed by atoms with Gasteiger partial charge in [0.1, 0.15) is 11.0 Å². The zero-order chi connectivity index (χ0) is 13.3. The molecule has 0 unspecified atom stereocenters. The molecule has 1 aromatic heterocycles. The van der Waals surface area contributed by atoms with Gasteiger partial charge in [-0.2, -0.15) is 0 Å². The molecule has 0 aliphatic rings. The van der Waals surface area contributed by atoms with Crippen molar-refractivity contribution in [2.45, 2.75) is 11.8 Å². The van der Waals surface area contributed by atoms with Gasteiger partial charge in [-0.3, -0.25) is 0 Å². The Bertz CT molecular complexity index is 710. The molecule has 0 saturated carbocycles. The molecular weight excluding hydrogens is 282 g/mol. The number of rotatable bonds is 2. The molecule has 0 aliphatic heterocycles. The third-order valence-corrected chi connectivity index (χ3v) is 3.49. The van der Waals surface area contributed by atoms with E-state index in [0.29, 0.717) is 5.52 Å². The fourth-order valence-corrected chi connectivity index (χ4v) is 2.15. The van der Waals surface area contributed by atoms with Gasteiger partial charge >= 0.3 is 6.09 Å². The molecule has 9 heteroatoms. The van der Waals surface area contributed by atoms with Crippen molar-refractivity contribution in [3.05, 3.63) is 18.2 Å². The summed E-state index contributed by atoms with van der Waals surface area (Å²) in [5.74, 6) is 0. The van der Waals surface area contributed by atoms with E-state index in [-0.39, 0.29) is 17.0 Å². The Morgan fingerprint density at radius 2 is 2.22 bits per heavy atom. The van der Waals surface area contributed by atoms with E-state index >= 15 is 0 Å². The second kappa shape index (κ2) is 4.54. The van der Waals surface area contributed by atoms with E-state index < -0.39 is 15.1 Å². The van der Waals surface area contributed by atoms with E-state index in [1.165, 1.54) is 18.2 Å². The highest BCUT2D eigenvalue weighted by Crippen LogP contribution is 2.20. The standard InChI is InChI=1S/C9H8ClN3O4S/c1-2-17-9(14)13-8-4-3-6(18(10,15)16)5-7(8)11-12-13/h3-5H,2H2,1H3. The van der Waals surface area contributed by atoms with Crippen molar-refractivity contribution < 1.29 is 17.9 Å². The molecule has 2 rings (SSSR count). The Balaban J connectivity index is 2.54. The first kappa shape index (κ1) is 12.8. The maximum absolute atomic E-state index is 11.5. The minimum atomic E-state index is -3.84. The van der Waals surface area contributed by atoms with Crippen LogP contribution in [0.1, 0.15) is 6.92 Å². The minimum absolute atomic E-state index is 0.104. The monoisotopic (exact) mass is 289 g/mol. The van der Waals surface area contributed by atoms with E-state index in [0.717, 1.165) is 4.68 Å². The number of carbonyl (C=O) groups is 1. The molecule has 7 nitrogen and oxygen atoms in total. The summed E-state index contributed by atoms with van der Waals surface area (Å²) < 4.78 is 28.0. The van der Waals surface area contributed by atoms with Crippen molar-refractivity contribution in [3.63, 3.8) is 0 Å². The topological polar surface area (TPSA) is 91.2 Å². The van der Waals surface area contributed by atoms with Crippen molar-refractivity contribution >= 4 is 36.9 Å². The summed E-state index contributed by atoms with van der Waals surface area (Å²) in [6.07, 6.45) is -0.679. The highest BCUT2D eigenvalue weighted by Gasteiger charge is 2.16. The molecule has 0 spiro atoms. The Kier molecular flexibility index (Phi) is 3.22. The lowest BCUT2D eigenvalue weighted by molar-refractivity contribution is 0.151. The summed E-state index contributed by atoms with van der Waals surface area (Å²) >= 11 is 0. The highest BCUT2D eigenvalue weighted by molar-refractivity contribution is 8.13. The van der Waals surface area contributed by atoms with Crippen LogP contribution in [-0.2, 0) is 13.8 Å². The smallest absolute Gasteiger partial charge is 0.436 e. The summed E-state index contributed by atoms with van der Waals surface area (Å²) in [6, 6.07) is 3.89. The summed E-state index contributed by atoms with van der Waals surface area (Å²) in [7, 11) is 1.37. The third kappa shape index (κ3) is 2.29. The van der Waals surface area contributed by atoms with Crippen LogP contribution < -0.4 is 0 Å². The first-order chi connectivity index (χ1) is 8.43. The predicted molar refractivity (Wildman–Crippen MR) is 63.0 cm³/mol. The molecule has 0 saturated heterocycles. The fraction of sp³-hybridized carbons (Fsp3) is 0.222. The molecule has 0 bridgehead atoms. The van der Waals surface area contributed by atoms with Gasteiger partial charge in [0.15, 0.2) is 0 Å². The molecule has 0 radical (unpaired) electrons. The predicted octanol–water partition coefficient (Wildman–Crippen LogP) is 1.36. The van der Waals surface area contributed by atoms with E-state index in [1.54, 1.807) is 6.92 Å². The van der Waals surface area contributed by atoms with Gasteiger partial charge in [0.25, 0.3) is 9.05 Å². The van der Waals surface area contributed by atoms with Gasteiger partial charge < -0.3 is 4.74 Å². The zero-order valence-electron chi connectivity index (χ0n) is 9.20. The van der Waals surface area contributed by atoms with Crippen molar-refractivity contribution in [2.75, 3.05) is 6.61 Å². The van der Waals surface area contributed by atoms with E-state index in [1.807, 2.05) is 0 Å². The first-order valence-corrected chi connectivity index (χ1v) is 7.21. The molecule has 1 aromatic carbocycles. The molecular formula is C9H8ClN3O4S. The Morgan fingerprint density at radius 1 is 1.50 bits per heavy atom. The fourth-order valence-electron chi connectivity index (χ4n) is 1.37. The maximum Gasteiger partial charge on any atom is 0.436 e. The number of fused-ring (bicyclic) bond motifs is 1. The summed E-state index contributed by atoms with van der Waals surface area (Å²) in [5, 5.41) is 7.28. The van der Waals surface area contributed by atoms with E-state index in [4.69, 9.17) is 15.4 Å². The van der Waals surface area contributed by atoms with Gasteiger partial charge in [-0.25, -0.2) is 13.2 Å². The average molecular weight is 290 g/mol. The normalized spacial score (nSPS) is 11.7. The zero-order valence-corrected chi connectivity index (χ0v) is 10.8. The molecule has 0 N–H and O–H groups in total. The Morgan fingerprint density at radius 3 is 2.83 bits per heavy atom. The molecule has 0 amide bonds. The van der Waals surface area contributed by atoms with Crippen LogP contribution >= 0.6 is 10.7 Å². The Labute approximate surface area is 107 Å². The number of nitrogens with zero attached hydrogens (tertiary/aromatic N) is 3. The van der Waals surface area contributed by atoms with Crippen LogP contribution in [0.3, 0.4) is 0 Å². The number of ether oxygens (including phenoxy) is 1. The number of aromatic nitrogens is 3. The van der Waals surface area contributed by atoms with Gasteiger partial charge in [0.2, 0.25) is 0 Å². The maximum atomic E-state index is 11.5. The van der Waals surface area contributed by atoms with Gasteiger partial charge in [-0.15, -0.1) is 9.78 Å². The van der Waals surface area contributed by atoms with Gasteiger partial charge in [0.05, 0.1) is 11.5 Å². The van der Waals surface area contributed by atoms with Crippen molar-refractivity contribution in [3.8, 4) is 0 Å². The summed E-state index contributed by atoms with van der Waals surface area (Å²) in [6.45, 7) is 1.86. The highest BCUT2D eigenvalue weighted by atomic mass is 35.7. The summed E-state index contributed by atoms with van der Waals surface area (Å²) in [5.41, 5.74) is 0.585. The largest absolute Gasteiger partial charge is 0.448 e. The molecule has 0 atom stereocenters. The SMILES string of the molecule is CCOC(=O)n1nnc2cc(S(=O)(=O)Cl)ccc21. The Hall–Kier alpha value is -1.67. The van der Waals surface area contributed by atoms with E-state index in [9.17, 15) is 13.2 Å². The number of halogens is 1. The lowest BCUT2D eigenvalue weighted by Gasteiger charge is -2.01. The number of benzene rings is 1. The molecule has 96 valence electrons. The van der Waals surface area contributed by atoms with Crippen LogP contribution in [-0.4, -0.2) is 36.1 Å². The van der Waals surface area contributed by atoms with E-state index in [2.05, 4.69) is 10.3 Å². The van der Waals surface area contributed by atoms with Crippen molar-refractivity contribution in [1.29, 1.82) is 0 Å². The van der Waals surface area contributed by atoms with Crippen LogP contribution in [0.25, 0.3) is 11.0 Å². The minimum Gasteiger partial charge on any atom is -0.448 e. The number of carbonyl (C=O) groups excluding carboxylic acids is 1. The van der Waals surface area contributed by atoms with Crippen LogP contribution in [0, 0.1) is 0 Å². The van der Waals surface area contributed by atoms with Crippen LogP contribution in [0.2, 0.25) is 0 Å². The number of hydrogen-bond acceptors (Lipinski definition) is 6. The number of hydrogen-bond donors (Lipinski definition) is 0. The van der Waals surface area contributed by atoms with Gasteiger partial charge in [-0.05, 0) is 25.1 Å². The molecule has 1 heterocycles. The lowest BCUT2D eigenvalue weighted by Crippen LogP contribution is -2.14. The third-order valence-electron chi connectivity index (χ3n) is 2.14. The second-order valence-corrected chi connectivity index (χ2v) is 5.85. The van der Waals surface area contributed by atoms with Crippen LogP contribution in [0.15, 0.2) is 23.1 Å².